The molecule has 18 heavy (non-hydrogen) atoms. The van der Waals surface area contributed by atoms with Gasteiger partial charge in [0.25, 0.3) is 0 Å². The van der Waals surface area contributed by atoms with Gasteiger partial charge in [0.05, 0.1) is 10.2 Å². The Balaban J connectivity index is 2.78. The van der Waals surface area contributed by atoms with E-state index in [2.05, 4.69) is 38.2 Å². The Morgan fingerprint density at radius 3 is 2.83 bits per heavy atom. The van der Waals surface area contributed by atoms with Gasteiger partial charge in [0.1, 0.15) is 0 Å². The highest BCUT2D eigenvalue weighted by Crippen LogP contribution is 2.26. The lowest BCUT2D eigenvalue weighted by atomic mass is 10.4. The highest BCUT2D eigenvalue weighted by Gasteiger charge is 2.13. The van der Waals surface area contributed by atoms with Crippen LogP contribution in [0.5, 0.6) is 0 Å². The second-order valence-electron chi connectivity index (χ2n) is 3.52. The van der Waals surface area contributed by atoms with E-state index in [0.717, 1.165) is 22.3 Å². The van der Waals surface area contributed by atoms with Gasteiger partial charge in [0, 0.05) is 12.8 Å². The monoisotopic (exact) mass is 368 g/mol. The lowest BCUT2D eigenvalue weighted by Gasteiger charge is -2.22. The van der Waals surface area contributed by atoms with Crippen molar-refractivity contribution >= 4 is 61.6 Å². The van der Waals surface area contributed by atoms with Gasteiger partial charge in [0.2, 0.25) is 5.28 Å². The van der Waals surface area contributed by atoms with Gasteiger partial charge >= 0.3 is 0 Å². The number of aromatic nitrogens is 2. The van der Waals surface area contributed by atoms with E-state index in [1.54, 1.807) is 16.8 Å². The average Bonchev–Trinajstić information content (AvgIpc) is 2.30. The Bertz CT molecular complexity index is 444. The molecule has 4 nitrogen and oxygen atoms in total. The van der Waals surface area contributed by atoms with Gasteiger partial charge in [-0.3, -0.25) is 10.4 Å². The second kappa shape index (κ2) is 7.47. The van der Waals surface area contributed by atoms with E-state index >= 15 is 0 Å². The first-order chi connectivity index (χ1) is 8.45. The van der Waals surface area contributed by atoms with Crippen LogP contribution in [0.4, 0.5) is 5.82 Å². The predicted molar refractivity (Wildman–Crippen MR) is 86.4 cm³/mol. The van der Waals surface area contributed by atoms with E-state index in [-0.39, 0.29) is 5.28 Å². The first-order valence-corrected chi connectivity index (χ1v) is 7.89. The molecule has 0 saturated carbocycles. The molecule has 1 heterocycles. The second-order valence-corrected chi connectivity index (χ2v) is 6.43. The smallest absolute Gasteiger partial charge is 0.224 e. The summed E-state index contributed by atoms with van der Waals surface area (Å²) in [5.41, 5.74) is 3.86. The molecule has 8 heteroatoms. The van der Waals surface area contributed by atoms with Gasteiger partial charge in [-0.1, -0.05) is 30.9 Å². The van der Waals surface area contributed by atoms with Crippen molar-refractivity contribution in [3.63, 3.8) is 0 Å². The Morgan fingerprint density at radius 1 is 1.56 bits per heavy atom. The third-order valence-corrected chi connectivity index (χ3v) is 4.49. The number of nitrogens with zero attached hydrogens (tertiary/aromatic N) is 3. The fourth-order valence-corrected chi connectivity index (χ4v) is 2.78. The summed E-state index contributed by atoms with van der Waals surface area (Å²) in [6, 6.07) is 0. The number of halogens is 2. The number of rotatable bonds is 4. The molecular weight excluding hydrogens is 356 g/mol. The first kappa shape index (κ1) is 15.9. The molecule has 0 spiro atoms. The fourth-order valence-electron chi connectivity index (χ4n) is 1.15. The molecule has 0 saturated heterocycles. The van der Waals surface area contributed by atoms with E-state index < -0.39 is 0 Å². The standard InChI is InChI=1S/C10H14BrClN4S2/c1-4-5-18-10(17)15-16(3)8-7(11)6(2)13-9(12)14-8/h4-5H2,1-3H3,(H,15,17). The van der Waals surface area contributed by atoms with Gasteiger partial charge in [0.15, 0.2) is 10.1 Å². The summed E-state index contributed by atoms with van der Waals surface area (Å²) in [5, 5.41) is 1.95. The molecule has 0 aliphatic carbocycles. The number of nitrogens with one attached hydrogen (secondary N) is 1. The third-order valence-electron chi connectivity index (χ3n) is 1.99. The van der Waals surface area contributed by atoms with Crippen molar-refractivity contribution in [3.8, 4) is 0 Å². The summed E-state index contributed by atoms with van der Waals surface area (Å²) in [6.07, 6.45) is 1.08. The van der Waals surface area contributed by atoms with Crippen LogP contribution in [0.1, 0.15) is 19.0 Å². The maximum absolute atomic E-state index is 5.85. The van der Waals surface area contributed by atoms with E-state index in [9.17, 15) is 0 Å². The fraction of sp³-hybridized carbons (Fsp3) is 0.500. The van der Waals surface area contributed by atoms with Crippen molar-refractivity contribution in [2.45, 2.75) is 20.3 Å². The minimum Gasteiger partial charge on any atom is -0.281 e. The molecule has 1 rings (SSSR count). The molecule has 0 atom stereocenters. The summed E-state index contributed by atoms with van der Waals surface area (Å²) in [5.74, 6) is 1.65. The van der Waals surface area contributed by atoms with E-state index in [1.807, 2.05) is 14.0 Å². The highest BCUT2D eigenvalue weighted by molar-refractivity contribution is 9.10. The summed E-state index contributed by atoms with van der Waals surface area (Å²) >= 11 is 16.1. The largest absolute Gasteiger partial charge is 0.281 e. The zero-order valence-electron chi connectivity index (χ0n) is 10.3. The molecule has 1 aromatic heterocycles. The van der Waals surface area contributed by atoms with Crippen LogP contribution in [0, 0.1) is 6.92 Å². The van der Waals surface area contributed by atoms with Crippen LogP contribution < -0.4 is 10.4 Å². The molecule has 1 aromatic rings. The van der Waals surface area contributed by atoms with E-state index in [1.165, 1.54) is 0 Å². The number of thiocarbonyl (C=S) groups is 1. The molecule has 0 fully saturated rings. The van der Waals surface area contributed by atoms with E-state index in [0.29, 0.717) is 10.1 Å². The Morgan fingerprint density at radius 2 is 2.22 bits per heavy atom. The van der Waals surface area contributed by atoms with Crippen molar-refractivity contribution in [3.05, 3.63) is 15.5 Å². The number of hydrogen-bond donors (Lipinski definition) is 1. The minimum atomic E-state index is 0.214. The van der Waals surface area contributed by atoms with Crippen molar-refractivity contribution in [1.29, 1.82) is 0 Å². The Labute approximate surface area is 130 Å². The van der Waals surface area contributed by atoms with Crippen LogP contribution in [-0.2, 0) is 0 Å². The SMILES string of the molecule is CCCSC(=S)NN(C)c1nc(Cl)nc(C)c1Br. The summed E-state index contributed by atoms with van der Waals surface area (Å²) < 4.78 is 1.50. The van der Waals surface area contributed by atoms with Gasteiger partial charge < -0.3 is 0 Å². The van der Waals surface area contributed by atoms with Crippen molar-refractivity contribution < 1.29 is 0 Å². The number of aryl methyl sites for hydroxylation is 1. The number of hydrazine groups is 1. The molecule has 0 aliphatic rings. The molecule has 0 radical (unpaired) electrons. The molecular formula is C10H14BrClN4S2. The number of hydrogen-bond acceptors (Lipinski definition) is 5. The molecule has 0 unspecified atom stereocenters. The maximum Gasteiger partial charge on any atom is 0.224 e. The van der Waals surface area contributed by atoms with Crippen LogP contribution in [0.3, 0.4) is 0 Å². The molecule has 1 N–H and O–H groups in total. The predicted octanol–water partition coefficient (Wildman–Crippen LogP) is 3.57. The zero-order chi connectivity index (χ0) is 13.7. The van der Waals surface area contributed by atoms with Gasteiger partial charge in [-0.15, -0.1) is 0 Å². The quantitative estimate of drug-likeness (QED) is 0.497. The normalized spacial score (nSPS) is 10.3. The van der Waals surface area contributed by atoms with E-state index in [4.69, 9.17) is 23.8 Å². The van der Waals surface area contributed by atoms with Crippen molar-refractivity contribution in [2.75, 3.05) is 17.8 Å². The number of thioether (sulfide) groups is 1. The molecule has 0 aromatic carbocycles. The first-order valence-electron chi connectivity index (χ1n) is 5.32. The van der Waals surface area contributed by atoms with Crippen molar-refractivity contribution in [2.24, 2.45) is 0 Å². The third kappa shape index (κ3) is 4.53. The van der Waals surface area contributed by atoms with Crippen LogP contribution >= 0.6 is 51.5 Å². The van der Waals surface area contributed by atoms with Gasteiger partial charge in [-0.2, -0.15) is 4.98 Å². The molecule has 100 valence electrons. The van der Waals surface area contributed by atoms with Crippen molar-refractivity contribution in [1.82, 2.24) is 15.4 Å². The Hall–Kier alpha value is -0.110. The summed E-state index contributed by atoms with van der Waals surface area (Å²) in [6.45, 7) is 3.97. The molecule has 0 aliphatic heterocycles. The maximum atomic E-state index is 5.85. The van der Waals surface area contributed by atoms with Crippen LogP contribution in [0.25, 0.3) is 0 Å². The highest BCUT2D eigenvalue weighted by atomic mass is 79.9. The molecule has 0 bridgehead atoms. The average molecular weight is 370 g/mol. The summed E-state index contributed by atoms with van der Waals surface area (Å²) in [4.78, 5) is 8.23. The lowest BCUT2D eigenvalue weighted by molar-refractivity contribution is 0.859. The number of anilines is 1. The van der Waals surface area contributed by atoms with Crippen LogP contribution in [0.15, 0.2) is 4.47 Å². The topological polar surface area (TPSA) is 41.0 Å². The van der Waals surface area contributed by atoms with Gasteiger partial charge in [-0.25, -0.2) is 4.98 Å². The Kier molecular flexibility index (Phi) is 6.62. The summed E-state index contributed by atoms with van der Waals surface area (Å²) in [7, 11) is 1.83. The minimum absolute atomic E-state index is 0.214. The van der Waals surface area contributed by atoms with Crippen LogP contribution in [-0.4, -0.2) is 27.1 Å². The van der Waals surface area contributed by atoms with Crippen LogP contribution in [0.2, 0.25) is 5.28 Å². The lowest BCUT2D eigenvalue weighted by Crippen LogP contribution is -2.38. The zero-order valence-corrected chi connectivity index (χ0v) is 14.3. The molecule has 0 amide bonds. The van der Waals surface area contributed by atoms with Gasteiger partial charge in [-0.05, 0) is 40.9 Å².